The van der Waals surface area contributed by atoms with Crippen molar-refractivity contribution in [3.05, 3.63) is 23.8 Å². The van der Waals surface area contributed by atoms with Crippen LogP contribution in [0.5, 0.6) is 11.5 Å². The number of hydrogen-bond acceptors (Lipinski definition) is 3. The number of carbonyl (C=O) groups is 1. The topological polar surface area (TPSA) is 35.5 Å². The van der Waals surface area contributed by atoms with E-state index in [0.29, 0.717) is 17.1 Å². The summed E-state index contributed by atoms with van der Waals surface area (Å²) in [5.41, 5.74) is 0.556. The zero-order valence-corrected chi connectivity index (χ0v) is 8.61. The molecule has 0 heterocycles. The van der Waals surface area contributed by atoms with Gasteiger partial charge in [0.15, 0.2) is 0 Å². The highest BCUT2D eigenvalue weighted by Gasteiger charge is 2.03. The molecule has 0 bridgehead atoms. The van der Waals surface area contributed by atoms with Crippen LogP contribution in [0.25, 0.3) is 0 Å². The van der Waals surface area contributed by atoms with Crippen LogP contribution in [0.4, 0.5) is 0 Å². The molecule has 1 aromatic rings. The van der Waals surface area contributed by atoms with Crippen LogP contribution in [0.1, 0.15) is 24.2 Å². The molecule has 0 amide bonds. The van der Waals surface area contributed by atoms with Crippen molar-refractivity contribution in [1.29, 1.82) is 0 Å². The van der Waals surface area contributed by atoms with Crippen molar-refractivity contribution in [2.75, 3.05) is 7.11 Å². The van der Waals surface area contributed by atoms with Gasteiger partial charge in [0.2, 0.25) is 0 Å². The number of aldehydes is 1. The quantitative estimate of drug-likeness (QED) is 0.690. The predicted molar refractivity (Wildman–Crippen MR) is 54.1 cm³/mol. The van der Waals surface area contributed by atoms with Gasteiger partial charge in [-0.1, -0.05) is 0 Å². The van der Waals surface area contributed by atoms with E-state index in [1.165, 1.54) is 0 Å². The Labute approximate surface area is 83.6 Å². The van der Waals surface area contributed by atoms with Gasteiger partial charge in [-0.3, -0.25) is 4.79 Å². The number of methoxy groups -OCH3 is 1. The summed E-state index contributed by atoms with van der Waals surface area (Å²) in [6.45, 7) is 3.86. The highest BCUT2D eigenvalue weighted by atomic mass is 16.5. The average Bonchev–Trinajstić information content (AvgIpc) is 2.16. The van der Waals surface area contributed by atoms with Crippen LogP contribution in [0, 0.1) is 0 Å². The highest BCUT2D eigenvalue weighted by Crippen LogP contribution is 2.22. The standard InChI is InChI=1S/C11H14O3/c1-8(2)14-11-5-9(7-12)4-10(6-11)13-3/h4-8H,1-3H3. The molecule has 0 saturated heterocycles. The molecular formula is C11H14O3. The summed E-state index contributed by atoms with van der Waals surface area (Å²) in [6, 6.07) is 5.11. The molecule has 14 heavy (non-hydrogen) atoms. The number of benzene rings is 1. The molecule has 1 rings (SSSR count). The highest BCUT2D eigenvalue weighted by molar-refractivity contribution is 5.76. The molecule has 0 aliphatic carbocycles. The third-order valence-electron chi connectivity index (χ3n) is 1.65. The van der Waals surface area contributed by atoms with Gasteiger partial charge in [-0.25, -0.2) is 0 Å². The maximum atomic E-state index is 10.6. The second-order valence-electron chi connectivity index (χ2n) is 3.23. The van der Waals surface area contributed by atoms with E-state index in [-0.39, 0.29) is 6.10 Å². The Balaban J connectivity index is 2.98. The van der Waals surface area contributed by atoms with E-state index in [1.54, 1.807) is 25.3 Å². The first-order valence-corrected chi connectivity index (χ1v) is 4.46. The van der Waals surface area contributed by atoms with Gasteiger partial charge in [0.25, 0.3) is 0 Å². The van der Waals surface area contributed by atoms with E-state index in [4.69, 9.17) is 9.47 Å². The molecule has 0 aliphatic rings. The van der Waals surface area contributed by atoms with Crippen molar-refractivity contribution in [1.82, 2.24) is 0 Å². The third-order valence-corrected chi connectivity index (χ3v) is 1.65. The zero-order valence-electron chi connectivity index (χ0n) is 8.61. The van der Waals surface area contributed by atoms with Crippen LogP contribution < -0.4 is 9.47 Å². The second-order valence-corrected chi connectivity index (χ2v) is 3.23. The molecule has 0 aromatic heterocycles. The minimum atomic E-state index is 0.0848. The van der Waals surface area contributed by atoms with Gasteiger partial charge >= 0.3 is 0 Å². The Bertz CT molecular complexity index is 318. The van der Waals surface area contributed by atoms with Crippen molar-refractivity contribution >= 4 is 6.29 Å². The normalized spacial score (nSPS) is 10.0. The molecule has 1 aromatic carbocycles. The first kappa shape index (κ1) is 10.6. The van der Waals surface area contributed by atoms with Crippen molar-refractivity contribution in [2.45, 2.75) is 20.0 Å². The fourth-order valence-corrected chi connectivity index (χ4v) is 1.12. The molecule has 3 nitrogen and oxygen atoms in total. The van der Waals surface area contributed by atoms with Gasteiger partial charge in [0.1, 0.15) is 17.8 Å². The average molecular weight is 194 g/mol. The Morgan fingerprint density at radius 1 is 1.21 bits per heavy atom. The maximum absolute atomic E-state index is 10.6. The number of hydrogen-bond donors (Lipinski definition) is 0. The SMILES string of the molecule is COc1cc(C=O)cc(OC(C)C)c1. The lowest BCUT2D eigenvalue weighted by atomic mass is 10.2. The second kappa shape index (κ2) is 4.65. The Kier molecular flexibility index (Phi) is 3.51. The van der Waals surface area contributed by atoms with E-state index in [0.717, 1.165) is 6.29 Å². The molecular weight excluding hydrogens is 180 g/mol. The molecule has 76 valence electrons. The lowest BCUT2D eigenvalue weighted by Crippen LogP contribution is -2.05. The van der Waals surface area contributed by atoms with Crippen molar-refractivity contribution in [3.63, 3.8) is 0 Å². The zero-order chi connectivity index (χ0) is 10.6. The summed E-state index contributed by atoms with van der Waals surface area (Å²) in [5.74, 6) is 1.28. The summed E-state index contributed by atoms with van der Waals surface area (Å²) in [7, 11) is 1.56. The molecule has 3 heteroatoms. The Morgan fingerprint density at radius 3 is 2.36 bits per heavy atom. The maximum Gasteiger partial charge on any atom is 0.150 e. The summed E-state index contributed by atoms with van der Waals surface area (Å²) < 4.78 is 10.5. The van der Waals surface area contributed by atoms with Gasteiger partial charge in [0, 0.05) is 11.6 Å². The monoisotopic (exact) mass is 194 g/mol. The molecule has 0 radical (unpaired) electrons. The lowest BCUT2D eigenvalue weighted by Gasteiger charge is -2.11. The summed E-state index contributed by atoms with van der Waals surface area (Å²) >= 11 is 0. The largest absolute Gasteiger partial charge is 0.497 e. The number of carbonyl (C=O) groups excluding carboxylic acids is 1. The van der Waals surface area contributed by atoms with Crippen molar-refractivity contribution in [2.24, 2.45) is 0 Å². The molecule has 0 aliphatic heterocycles. The minimum absolute atomic E-state index is 0.0848. The van der Waals surface area contributed by atoms with Crippen LogP contribution in [-0.4, -0.2) is 19.5 Å². The van der Waals surface area contributed by atoms with Crippen molar-refractivity contribution in [3.8, 4) is 11.5 Å². The van der Waals surface area contributed by atoms with E-state index in [9.17, 15) is 4.79 Å². The molecule has 0 fully saturated rings. The van der Waals surface area contributed by atoms with E-state index < -0.39 is 0 Å². The molecule has 0 saturated carbocycles. The van der Waals surface area contributed by atoms with Gasteiger partial charge in [-0.15, -0.1) is 0 Å². The molecule has 0 unspecified atom stereocenters. The van der Waals surface area contributed by atoms with Crippen LogP contribution in [0.15, 0.2) is 18.2 Å². The predicted octanol–water partition coefficient (Wildman–Crippen LogP) is 2.29. The summed E-state index contributed by atoms with van der Waals surface area (Å²) in [5, 5.41) is 0. The van der Waals surface area contributed by atoms with E-state index in [1.807, 2.05) is 13.8 Å². The molecule has 0 N–H and O–H groups in total. The van der Waals surface area contributed by atoms with Gasteiger partial charge in [0.05, 0.1) is 13.2 Å². The molecule has 0 atom stereocenters. The van der Waals surface area contributed by atoms with Crippen LogP contribution >= 0.6 is 0 Å². The lowest BCUT2D eigenvalue weighted by molar-refractivity contribution is 0.112. The minimum Gasteiger partial charge on any atom is -0.497 e. The first-order valence-electron chi connectivity index (χ1n) is 4.46. The van der Waals surface area contributed by atoms with Crippen LogP contribution in [0.3, 0.4) is 0 Å². The van der Waals surface area contributed by atoms with Gasteiger partial charge < -0.3 is 9.47 Å². The van der Waals surface area contributed by atoms with Gasteiger partial charge in [-0.2, -0.15) is 0 Å². The van der Waals surface area contributed by atoms with Crippen LogP contribution in [-0.2, 0) is 0 Å². The smallest absolute Gasteiger partial charge is 0.150 e. The van der Waals surface area contributed by atoms with Crippen LogP contribution in [0.2, 0.25) is 0 Å². The van der Waals surface area contributed by atoms with Gasteiger partial charge in [-0.05, 0) is 26.0 Å². The van der Waals surface area contributed by atoms with Crippen molar-refractivity contribution < 1.29 is 14.3 Å². The fourth-order valence-electron chi connectivity index (χ4n) is 1.12. The summed E-state index contributed by atoms with van der Waals surface area (Å²) in [6.07, 6.45) is 0.858. The summed E-state index contributed by atoms with van der Waals surface area (Å²) in [4.78, 5) is 10.6. The first-order chi connectivity index (χ1) is 6.65. The Morgan fingerprint density at radius 2 is 1.86 bits per heavy atom. The fraction of sp³-hybridized carbons (Fsp3) is 0.364. The molecule has 0 spiro atoms. The number of ether oxygens (including phenoxy) is 2. The Hall–Kier alpha value is -1.51. The third kappa shape index (κ3) is 2.76. The number of rotatable bonds is 4. The van der Waals surface area contributed by atoms with E-state index >= 15 is 0 Å². The van der Waals surface area contributed by atoms with E-state index in [2.05, 4.69) is 0 Å².